The highest BCUT2D eigenvalue weighted by molar-refractivity contribution is 6.30. The molecule has 3 fully saturated rings. The Balaban J connectivity index is 1.99. The van der Waals surface area contributed by atoms with Crippen molar-refractivity contribution in [3.05, 3.63) is 40.4 Å². The number of Topliss-reactive ketones (excluding diaryl/α,β-unsaturated/α-hetero) is 1. The minimum absolute atomic E-state index is 0.165. The summed E-state index contributed by atoms with van der Waals surface area (Å²) in [5.74, 6) is 1.50. The Morgan fingerprint density at radius 1 is 1.26 bits per heavy atom. The maximum absolute atomic E-state index is 12.4. The number of carbonyl (C=O) groups excluding carboxylic acids is 1. The number of hydrogen-bond donors (Lipinski definition) is 0. The minimum Gasteiger partial charge on any atom is -0.294 e. The fourth-order valence-corrected chi connectivity index (χ4v) is 3.99. The van der Waals surface area contributed by atoms with Crippen LogP contribution in [0.2, 0.25) is 5.02 Å². The van der Waals surface area contributed by atoms with Crippen molar-refractivity contribution in [3.63, 3.8) is 0 Å². The van der Waals surface area contributed by atoms with Gasteiger partial charge < -0.3 is 0 Å². The first-order valence-electron chi connectivity index (χ1n) is 6.92. The molecule has 0 amide bonds. The van der Waals surface area contributed by atoms with Crippen LogP contribution in [0.5, 0.6) is 0 Å². The largest absolute Gasteiger partial charge is 0.294 e. The lowest BCUT2D eigenvalue weighted by Crippen LogP contribution is -2.56. The summed E-state index contributed by atoms with van der Waals surface area (Å²) in [6, 6.07) is 7.70. The summed E-state index contributed by atoms with van der Waals surface area (Å²) in [6.07, 6.45) is 3.23. The molecule has 0 aromatic heterocycles. The molecule has 0 aliphatic heterocycles. The van der Waals surface area contributed by atoms with Crippen LogP contribution >= 0.6 is 11.6 Å². The maximum Gasteiger partial charge on any atom is 0.162 e. The number of halogens is 1. The fourth-order valence-electron chi connectivity index (χ4n) is 3.86. The second kappa shape index (κ2) is 4.21. The molecule has 1 aromatic carbocycles. The molecule has 2 bridgehead atoms. The number of hydrogen-bond acceptors (Lipinski definition) is 1. The molecule has 19 heavy (non-hydrogen) atoms. The molecule has 3 aliphatic carbocycles. The fraction of sp³-hybridized carbons (Fsp3) is 0.471. The standard InChI is InChI=1S/C17H19ClO/c1-10-14-9-15(17(14,2)3)13(16(10)19)8-11-4-6-12(18)7-5-11/h4-8,10,14-15H,9H2,1-3H3/b13-8+/t10-,14-,15-/m1/s1. The average Bonchev–Trinajstić information content (AvgIpc) is 2.36. The van der Waals surface area contributed by atoms with E-state index in [1.165, 1.54) is 6.42 Å². The molecule has 2 heteroatoms. The van der Waals surface area contributed by atoms with Gasteiger partial charge in [-0.1, -0.05) is 44.5 Å². The molecular weight excluding hydrogens is 256 g/mol. The van der Waals surface area contributed by atoms with Gasteiger partial charge in [-0.25, -0.2) is 0 Å². The first-order valence-corrected chi connectivity index (χ1v) is 7.30. The maximum atomic E-state index is 12.4. The summed E-state index contributed by atoms with van der Waals surface area (Å²) >= 11 is 5.90. The number of rotatable bonds is 1. The van der Waals surface area contributed by atoms with Gasteiger partial charge in [-0.2, -0.15) is 0 Å². The lowest BCUT2D eigenvalue weighted by atomic mass is 9.44. The molecule has 0 radical (unpaired) electrons. The lowest BCUT2D eigenvalue weighted by Gasteiger charge is -2.59. The van der Waals surface area contributed by atoms with E-state index in [-0.39, 0.29) is 11.3 Å². The minimum atomic E-state index is 0.165. The highest BCUT2D eigenvalue weighted by Crippen LogP contribution is 2.62. The third-order valence-electron chi connectivity index (χ3n) is 5.21. The summed E-state index contributed by atoms with van der Waals surface area (Å²) in [7, 11) is 0. The molecule has 3 aliphatic rings. The first-order chi connectivity index (χ1) is 8.91. The Labute approximate surface area is 119 Å². The third kappa shape index (κ3) is 1.87. The third-order valence-corrected chi connectivity index (χ3v) is 5.46. The van der Waals surface area contributed by atoms with Gasteiger partial charge in [0, 0.05) is 10.9 Å². The first kappa shape index (κ1) is 12.9. The van der Waals surface area contributed by atoms with Crippen LogP contribution in [0.4, 0.5) is 0 Å². The summed E-state index contributed by atoms with van der Waals surface area (Å²) in [4.78, 5) is 12.4. The lowest BCUT2D eigenvalue weighted by molar-refractivity contribution is -0.139. The van der Waals surface area contributed by atoms with Gasteiger partial charge in [-0.3, -0.25) is 4.79 Å². The molecule has 0 saturated heterocycles. The van der Waals surface area contributed by atoms with Crippen LogP contribution in [0.25, 0.3) is 6.08 Å². The van der Waals surface area contributed by atoms with Gasteiger partial charge in [0.05, 0.1) is 0 Å². The molecule has 0 unspecified atom stereocenters. The zero-order chi connectivity index (χ0) is 13.8. The average molecular weight is 275 g/mol. The molecule has 4 rings (SSSR count). The van der Waals surface area contributed by atoms with E-state index in [0.29, 0.717) is 17.6 Å². The highest BCUT2D eigenvalue weighted by atomic mass is 35.5. The van der Waals surface area contributed by atoms with Crippen LogP contribution in [0.1, 0.15) is 32.8 Å². The molecular formula is C17H19ClO. The predicted octanol–water partition coefficient (Wildman–Crippen LogP) is 4.60. The van der Waals surface area contributed by atoms with Crippen molar-refractivity contribution in [1.82, 2.24) is 0 Å². The van der Waals surface area contributed by atoms with E-state index in [4.69, 9.17) is 11.6 Å². The van der Waals surface area contributed by atoms with Crippen LogP contribution < -0.4 is 0 Å². The van der Waals surface area contributed by atoms with Gasteiger partial charge in [0.25, 0.3) is 0 Å². The number of allylic oxidation sites excluding steroid dienone is 1. The van der Waals surface area contributed by atoms with Crippen LogP contribution in [0.3, 0.4) is 0 Å². The molecule has 0 heterocycles. The van der Waals surface area contributed by atoms with E-state index in [0.717, 1.165) is 16.2 Å². The van der Waals surface area contributed by atoms with Gasteiger partial charge in [0.1, 0.15) is 0 Å². The van der Waals surface area contributed by atoms with Crippen LogP contribution in [0.15, 0.2) is 29.8 Å². The van der Waals surface area contributed by atoms with E-state index >= 15 is 0 Å². The summed E-state index contributed by atoms with van der Waals surface area (Å²) in [5.41, 5.74) is 2.36. The van der Waals surface area contributed by atoms with Crippen LogP contribution in [-0.2, 0) is 4.79 Å². The molecule has 1 nitrogen and oxygen atoms in total. The van der Waals surface area contributed by atoms with Crippen molar-refractivity contribution in [3.8, 4) is 0 Å². The summed E-state index contributed by atoms with van der Waals surface area (Å²) < 4.78 is 0. The van der Waals surface area contributed by atoms with Crippen molar-refractivity contribution in [1.29, 1.82) is 0 Å². The van der Waals surface area contributed by atoms with Gasteiger partial charge in [-0.05, 0) is 53.0 Å². The van der Waals surface area contributed by atoms with Crippen molar-refractivity contribution in [2.45, 2.75) is 27.2 Å². The number of benzene rings is 1. The second-order valence-corrected chi connectivity index (χ2v) is 6.96. The van der Waals surface area contributed by atoms with Crippen molar-refractivity contribution >= 4 is 23.5 Å². The van der Waals surface area contributed by atoms with Gasteiger partial charge in [0.2, 0.25) is 0 Å². The normalized spacial score (nSPS) is 34.2. The van der Waals surface area contributed by atoms with E-state index in [9.17, 15) is 4.79 Å². The van der Waals surface area contributed by atoms with Gasteiger partial charge in [0.15, 0.2) is 5.78 Å². The Hall–Kier alpha value is -1.08. The Kier molecular flexibility index (Phi) is 2.86. The zero-order valence-electron chi connectivity index (χ0n) is 11.6. The monoisotopic (exact) mass is 274 g/mol. The van der Waals surface area contributed by atoms with Crippen molar-refractivity contribution in [2.75, 3.05) is 0 Å². The smallest absolute Gasteiger partial charge is 0.162 e. The number of fused-ring (bicyclic) bond motifs is 2. The predicted molar refractivity (Wildman–Crippen MR) is 79.0 cm³/mol. The quantitative estimate of drug-likeness (QED) is 0.684. The molecule has 1 aromatic rings. The van der Waals surface area contributed by atoms with Crippen LogP contribution in [-0.4, -0.2) is 5.78 Å². The Morgan fingerprint density at radius 2 is 1.89 bits per heavy atom. The highest BCUT2D eigenvalue weighted by Gasteiger charge is 2.58. The van der Waals surface area contributed by atoms with Gasteiger partial charge >= 0.3 is 0 Å². The summed E-state index contributed by atoms with van der Waals surface area (Å²) in [5, 5.41) is 0.731. The van der Waals surface area contributed by atoms with E-state index < -0.39 is 0 Å². The molecule has 100 valence electrons. The Morgan fingerprint density at radius 3 is 2.47 bits per heavy atom. The van der Waals surface area contributed by atoms with Crippen LogP contribution in [0, 0.1) is 23.2 Å². The zero-order valence-corrected chi connectivity index (χ0v) is 12.4. The molecule has 3 saturated carbocycles. The number of carbonyl (C=O) groups is 1. The molecule has 0 spiro atoms. The van der Waals surface area contributed by atoms with Crippen molar-refractivity contribution < 1.29 is 4.79 Å². The van der Waals surface area contributed by atoms with Gasteiger partial charge in [-0.15, -0.1) is 0 Å². The number of ketones is 1. The van der Waals surface area contributed by atoms with E-state index in [2.05, 4.69) is 26.8 Å². The van der Waals surface area contributed by atoms with Crippen molar-refractivity contribution in [2.24, 2.45) is 23.2 Å². The molecule has 0 N–H and O–H groups in total. The Bertz CT molecular complexity index is 553. The summed E-state index contributed by atoms with van der Waals surface area (Å²) in [6.45, 7) is 6.68. The SMILES string of the molecule is C[C@H]1C(=O)/C(=C/c2ccc(Cl)cc2)[C@H]2C[C@H]1C2(C)C. The van der Waals surface area contributed by atoms with E-state index in [1.54, 1.807) is 0 Å². The topological polar surface area (TPSA) is 17.1 Å². The van der Waals surface area contributed by atoms with E-state index in [1.807, 2.05) is 24.3 Å². The molecule has 3 atom stereocenters. The second-order valence-electron chi connectivity index (χ2n) is 6.52.